The zero-order valence-electron chi connectivity index (χ0n) is 16.7. The van der Waals surface area contributed by atoms with Crippen molar-refractivity contribution in [2.24, 2.45) is 5.41 Å². The number of benzene rings is 1. The lowest BCUT2D eigenvalue weighted by atomic mass is 9.71. The van der Waals surface area contributed by atoms with E-state index in [-0.39, 0.29) is 11.5 Å². The minimum Gasteiger partial charge on any atom is -0.489 e. The van der Waals surface area contributed by atoms with Crippen LogP contribution in [0.2, 0.25) is 0 Å². The van der Waals surface area contributed by atoms with Crippen LogP contribution < -0.4 is 9.64 Å². The van der Waals surface area contributed by atoms with Gasteiger partial charge in [0.05, 0.1) is 12.3 Å². The van der Waals surface area contributed by atoms with Crippen LogP contribution in [-0.4, -0.2) is 65.4 Å². The number of para-hydroxylation sites is 1. The standard InChI is InChI=1S/C23H28N4O2/c28-20-12-23(17-27(15-20)22-13-24-7-8-25-22)5-9-26(10-6-23)14-18-11-19-3-1-2-4-21(19)29-16-18/h1-4,7-8,11,13,20,28H,5-6,9-10,12,14-17H2. The van der Waals surface area contributed by atoms with E-state index >= 15 is 0 Å². The summed E-state index contributed by atoms with van der Waals surface area (Å²) in [6, 6.07) is 8.23. The number of hydrogen-bond donors (Lipinski definition) is 1. The molecule has 4 heterocycles. The van der Waals surface area contributed by atoms with Crippen molar-refractivity contribution < 1.29 is 9.84 Å². The number of hydrogen-bond acceptors (Lipinski definition) is 6. The van der Waals surface area contributed by atoms with Gasteiger partial charge in [-0.3, -0.25) is 9.88 Å². The number of rotatable bonds is 3. The van der Waals surface area contributed by atoms with Gasteiger partial charge >= 0.3 is 0 Å². The quantitative estimate of drug-likeness (QED) is 0.866. The molecule has 0 radical (unpaired) electrons. The van der Waals surface area contributed by atoms with Crippen molar-refractivity contribution in [2.45, 2.75) is 25.4 Å². The average Bonchev–Trinajstić information content (AvgIpc) is 2.76. The first kappa shape index (κ1) is 18.6. The SMILES string of the molecule is OC1CN(c2cnccn2)CC2(CCN(CC3=Cc4ccccc4OC3)CC2)C1. The number of aliphatic hydroxyl groups excluding tert-OH is 1. The van der Waals surface area contributed by atoms with E-state index in [0.29, 0.717) is 13.2 Å². The highest BCUT2D eigenvalue weighted by molar-refractivity contribution is 5.62. The van der Waals surface area contributed by atoms with Crippen molar-refractivity contribution in [1.29, 1.82) is 0 Å². The van der Waals surface area contributed by atoms with Gasteiger partial charge in [-0.25, -0.2) is 4.98 Å². The number of β-amino-alcohol motifs (C(OH)–C–C–N with tert-alkyl or cyclic N) is 1. The van der Waals surface area contributed by atoms with Crippen molar-refractivity contribution in [3.8, 4) is 5.75 Å². The number of aliphatic hydroxyl groups is 1. The lowest BCUT2D eigenvalue weighted by Crippen LogP contribution is -2.54. The highest BCUT2D eigenvalue weighted by Crippen LogP contribution is 2.41. The predicted molar refractivity (Wildman–Crippen MR) is 113 cm³/mol. The topological polar surface area (TPSA) is 61.7 Å². The van der Waals surface area contributed by atoms with Crippen LogP contribution in [0.15, 0.2) is 48.4 Å². The van der Waals surface area contributed by atoms with E-state index in [1.165, 1.54) is 11.1 Å². The summed E-state index contributed by atoms with van der Waals surface area (Å²) in [7, 11) is 0. The second-order valence-corrected chi connectivity index (χ2v) is 8.71. The maximum atomic E-state index is 10.5. The lowest BCUT2D eigenvalue weighted by Gasteiger charge is -2.49. The van der Waals surface area contributed by atoms with Gasteiger partial charge in [0.25, 0.3) is 0 Å². The van der Waals surface area contributed by atoms with Crippen LogP contribution in [-0.2, 0) is 0 Å². The van der Waals surface area contributed by atoms with Crippen molar-refractivity contribution in [3.05, 3.63) is 54.0 Å². The van der Waals surface area contributed by atoms with Crippen LogP contribution >= 0.6 is 0 Å². The second-order valence-electron chi connectivity index (χ2n) is 8.71. The first-order valence-corrected chi connectivity index (χ1v) is 10.5. The van der Waals surface area contributed by atoms with Crippen LogP contribution in [0.3, 0.4) is 0 Å². The smallest absolute Gasteiger partial charge is 0.147 e. The Labute approximate surface area is 171 Å². The van der Waals surface area contributed by atoms with Crippen LogP contribution in [0, 0.1) is 5.41 Å². The van der Waals surface area contributed by atoms with Crippen LogP contribution in [0.4, 0.5) is 5.82 Å². The van der Waals surface area contributed by atoms with Gasteiger partial charge in [-0.05, 0) is 55.5 Å². The molecule has 0 amide bonds. The van der Waals surface area contributed by atoms with Gasteiger partial charge in [-0.15, -0.1) is 0 Å². The Morgan fingerprint density at radius 3 is 2.86 bits per heavy atom. The molecule has 6 nitrogen and oxygen atoms in total. The molecule has 2 saturated heterocycles. The van der Waals surface area contributed by atoms with Gasteiger partial charge in [0.1, 0.15) is 18.2 Å². The number of likely N-dealkylation sites (tertiary alicyclic amines) is 1. The van der Waals surface area contributed by atoms with E-state index < -0.39 is 0 Å². The zero-order chi connectivity index (χ0) is 19.7. The predicted octanol–water partition coefficient (Wildman–Crippen LogP) is 2.61. The maximum Gasteiger partial charge on any atom is 0.147 e. The number of nitrogens with zero attached hydrogens (tertiary/aromatic N) is 4. The Bertz CT molecular complexity index is 877. The van der Waals surface area contributed by atoms with Crippen molar-refractivity contribution in [1.82, 2.24) is 14.9 Å². The fourth-order valence-electron chi connectivity index (χ4n) is 5.07. The summed E-state index contributed by atoms with van der Waals surface area (Å²) in [6.45, 7) is 5.35. The molecule has 2 aromatic rings. The van der Waals surface area contributed by atoms with Crippen molar-refractivity contribution in [3.63, 3.8) is 0 Å². The summed E-state index contributed by atoms with van der Waals surface area (Å²) in [6.07, 6.45) is 10.3. The van der Waals surface area contributed by atoms with E-state index in [9.17, 15) is 5.11 Å². The molecule has 0 saturated carbocycles. The molecular formula is C23H28N4O2. The fourth-order valence-corrected chi connectivity index (χ4v) is 5.07. The molecule has 1 aromatic carbocycles. The highest BCUT2D eigenvalue weighted by atomic mass is 16.5. The number of aromatic nitrogens is 2. The molecule has 3 aliphatic rings. The molecule has 6 heteroatoms. The molecule has 1 aromatic heterocycles. The minimum absolute atomic E-state index is 0.162. The van der Waals surface area contributed by atoms with Crippen LogP contribution in [0.1, 0.15) is 24.8 Å². The number of fused-ring (bicyclic) bond motifs is 1. The molecule has 3 aliphatic heterocycles. The van der Waals surface area contributed by atoms with Gasteiger partial charge in [-0.1, -0.05) is 18.2 Å². The van der Waals surface area contributed by atoms with E-state index in [4.69, 9.17) is 4.74 Å². The molecule has 152 valence electrons. The second kappa shape index (κ2) is 7.76. The Morgan fingerprint density at radius 2 is 2.03 bits per heavy atom. The molecule has 2 fully saturated rings. The molecule has 5 rings (SSSR count). The Kier molecular flexibility index (Phi) is 4.97. The van der Waals surface area contributed by atoms with Crippen LogP contribution in [0.5, 0.6) is 5.75 Å². The summed E-state index contributed by atoms with van der Waals surface area (Å²) < 4.78 is 5.92. The number of anilines is 1. The van der Waals surface area contributed by atoms with Gasteiger partial charge in [0.15, 0.2) is 0 Å². The van der Waals surface area contributed by atoms with Gasteiger partial charge in [0, 0.05) is 37.6 Å². The normalized spacial score (nSPS) is 24.0. The van der Waals surface area contributed by atoms with Crippen LogP contribution in [0.25, 0.3) is 6.08 Å². The Balaban J connectivity index is 1.22. The monoisotopic (exact) mass is 392 g/mol. The third-order valence-corrected chi connectivity index (χ3v) is 6.53. The average molecular weight is 393 g/mol. The van der Waals surface area contributed by atoms with Gasteiger partial charge in [0.2, 0.25) is 0 Å². The summed E-state index contributed by atoms with van der Waals surface area (Å²) in [5.41, 5.74) is 2.68. The minimum atomic E-state index is -0.303. The summed E-state index contributed by atoms with van der Waals surface area (Å²) in [4.78, 5) is 13.4. The Morgan fingerprint density at radius 1 is 1.17 bits per heavy atom. The number of ether oxygens (including phenoxy) is 1. The fraction of sp³-hybridized carbons (Fsp3) is 0.478. The molecule has 29 heavy (non-hydrogen) atoms. The molecule has 1 unspecified atom stereocenters. The third kappa shape index (κ3) is 4.00. The van der Waals surface area contributed by atoms with E-state index in [1.54, 1.807) is 18.6 Å². The summed E-state index contributed by atoms with van der Waals surface area (Å²) in [5.74, 6) is 1.85. The molecule has 0 bridgehead atoms. The first-order valence-electron chi connectivity index (χ1n) is 10.5. The molecule has 0 aliphatic carbocycles. The van der Waals surface area contributed by atoms with Crippen molar-refractivity contribution in [2.75, 3.05) is 44.2 Å². The molecule has 1 N–H and O–H groups in total. The Hall–Kier alpha value is -2.44. The van der Waals surface area contributed by atoms with E-state index in [0.717, 1.165) is 57.0 Å². The largest absolute Gasteiger partial charge is 0.489 e. The lowest BCUT2D eigenvalue weighted by molar-refractivity contribution is 0.0282. The van der Waals surface area contributed by atoms with Gasteiger partial charge in [-0.2, -0.15) is 0 Å². The first-order chi connectivity index (χ1) is 14.2. The van der Waals surface area contributed by atoms with Crippen molar-refractivity contribution >= 4 is 11.9 Å². The summed E-state index contributed by atoms with van der Waals surface area (Å²) >= 11 is 0. The molecular weight excluding hydrogens is 364 g/mol. The van der Waals surface area contributed by atoms with E-state index in [1.807, 2.05) is 12.1 Å². The van der Waals surface area contributed by atoms with E-state index in [2.05, 4.69) is 38.0 Å². The zero-order valence-corrected chi connectivity index (χ0v) is 16.7. The maximum absolute atomic E-state index is 10.5. The third-order valence-electron chi connectivity index (χ3n) is 6.53. The molecule has 1 spiro atoms. The molecule has 1 atom stereocenters. The number of piperidine rings is 2. The summed E-state index contributed by atoms with van der Waals surface area (Å²) in [5, 5.41) is 10.5. The van der Waals surface area contributed by atoms with Gasteiger partial charge < -0.3 is 14.7 Å². The highest BCUT2D eigenvalue weighted by Gasteiger charge is 2.42.